The van der Waals surface area contributed by atoms with Crippen molar-refractivity contribution in [3.63, 3.8) is 0 Å². The first-order valence-electron chi connectivity index (χ1n) is 7.29. The van der Waals surface area contributed by atoms with E-state index in [1.165, 1.54) is 0 Å². The van der Waals surface area contributed by atoms with Crippen molar-refractivity contribution in [2.45, 2.75) is 39.5 Å². The first-order chi connectivity index (χ1) is 10.0. The molecule has 21 heavy (non-hydrogen) atoms. The summed E-state index contributed by atoms with van der Waals surface area (Å²) in [6.45, 7) is 7.79. The molecule has 0 bridgehead atoms. The van der Waals surface area contributed by atoms with Crippen molar-refractivity contribution >= 4 is 11.8 Å². The van der Waals surface area contributed by atoms with Crippen LogP contribution < -0.4 is 10.6 Å². The van der Waals surface area contributed by atoms with E-state index in [-0.39, 0.29) is 0 Å². The van der Waals surface area contributed by atoms with E-state index in [1.807, 2.05) is 20.8 Å². The number of nitrogens with one attached hydrogen (secondary N) is 1. The molecule has 3 heterocycles. The van der Waals surface area contributed by atoms with E-state index < -0.39 is 0 Å². The molecule has 7 nitrogen and oxygen atoms in total. The van der Waals surface area contributed by atoms with Crippen molar-refractivity contribution in [2.24, 2.45) is 0 Å². The predicted molar refractivity (Wildman–Crippen MR) is 81.2 cm³/mol. The van der Waals surface area contributed by atoms with Gasteiger partial charge in [0.2, 0.25) is 5.95 Å². The lowest BCUT2D eigenvalue weighted by atomic mass is 9.97. The minimum Gasteiger partial charge on any atom is -0.368 e. The Labute approximate surface area is 124 Å². The number of nitrogens with zero attached hydrogens (tertiary/aromatic N) is 5. The standard InChI is InChI=1S/C14H21N7/c1-8-9(2)16-14(15)18-13(8)21-6-4-5-11(7-21)12-17-10(3)19-20-12/h11H,4-7H2,1-3H3,(H2,15,16,18)(H,17,19,20). The Balaban J connectivity index is 1.86. The highest BCUT2D eigenvalue weighted by Crippen LogP contribution is 2.29. The molecule has 1 atom stereocenters. The molecule has 0 radical (unpaired) electrons. The van der Waals surface area contributed by atoms with Gasteiger partial charge in [0.15, 0.2) is 5.82 Å². The van der Waals surface area contributed by atoms with Crippen molar-refractivity contribution in [3.05, 3.63) is 22.9 Å². The molecular weight excluding hydrogens is 266 g/mol. The summed E-state index contributed by atoms with van der Waals surface area (Å²) in [5.74, 6) is 3.37. The number of rotatable bonds is 2. The highest BCUT2D eigenvalue weighted by atomic mass is 15.2. The number of piperidine rings is 1. The lowest BCUT2D eigenvalue weighted by molar-refractivity contribution is 0.489. The Kier molecular flexibility index (Phi) is 3.48. The molecule has 1 aliphatic rings. The van der Waals surface area contributed by atoms with Crippen LogP contribution in [-0.4, -0.2) is 38.2 Å². The number of hydrogen-bond acceptors (Lipinski definition) is 6. The summed E-state index contributed by atoms with van der Waals surface area (Å²) in [7, 11) is 0. The van der Waals surface area contributed by atoms with Gasteiger partial charge in [-0.05, 0) is 33.6 Å². The lowest BCUT2D eigenvalue weighted by Gasteiger charge is -2.33. The molecule has 1 aliphatic heterocycles. The van der Waals surface area contributed by atoms with E-state index in [9.17, 15) is 0 Å². The highest BCUT2D eigenvalue weighted by molar-refractivity contribution is 5.51. The molecule has 7 heteroatoms. The van der Waals surface area contributed by atoms with Crippen molar-refractivity contribution in [1.82, 2.24) is 25.1 Å². The van der Waals surface area contributed by atoms with Crippen LogP contribution in [0.3, 0.4) is 0 Å². The minimum absolute atomic E-state index is 0.333. The number of hydrogen-bond donors (Lipinski definition) is 2. The van der Waals surface area contributed by atoms with Crippen LogP contribution in [0.2, 0.25) is 0 Å². The molecule has 2 aromatic heterocycles. The average Bonchev–Trinajstić information content (AvgIpc) is 2.89. The third-order valence-corrected chi connectivity index (χ3v) is 4.08. The van der Waals surface area contributed by atoms with Crippen LogP contribution in [0.5, 0.6) is 0 Å². The molecule has 0 amide bonds. The molecule has 1 unspecified atom stereocenters. The van der Waals surface area contributed by atoms with E-state index in [4.69, 9.17) is 5.73 Å². The fraction of sp³-hybridized carbons (Fsp3) is 0.571. The summed E-state index contributed by atoms with van der Waals surface area (Å²) in [6, 6.07) is 0. The second-order valence-electron chi connectivity index (χ2n) is 5.68. The number of aryl methyl sites for hydroxylation is 2. The molecule has 2 aromatic rings. The second kappa shape index (κ2) is 5.31. The van der Waals surface area contributed by atoms with Crippen molar-refractivity contribution in [2.75, 3.05) is 23.7 Å². The Morgan fingerprint density at radius 3 is 2.71 bits per heavy atom. The third-order valence-electron chi connectivity index (χ3n) is 4.08. The summed E-state index contributed by atoms with van der Waals surface area (Å²) >= 11 is 0. The molecular formula is C14H21N7. The zero-order chi connectivity index (χ0) is 15.0. The number of H-pyrrole nitrogens is 1. The van der Waals surface area contributed by atoms with Gasteiger partial charge >= 0.3 is 0 Å². The summed E-state index contributed by atoms with van der Waals surface area (Å²) in [6.07, 6.45) is 2.20. The number of aromatic amines is 1. The van der Waals surface area contributed by atoms with E-state index in [0.29, 0.717) is 11.9 Å². The first-order valence-corrected chi connectivity index (χ1v) is 7.29. The normalized spacial score (nSPS) is 19.0. The maximum Gasteiger partial charge on any atom is 0.222 e. The molecule has 0 aromatic carbocycles. The second-order valence-corrected chi connectivity index (χ2v) is 5.68. The fourth-order valence-corrected chi connectivity index (χ4v) is 2.87. The van der Waals surface area contributed by atoms with Gasteiger partial charge in [0, 0.05) is 30.3 Å². The number of nitrogen functional groups attached to an aromatic ring is 1. The summed E-state index contributed by atoms with van der Waals surface area (Å²) < 4.78 is 0. The average molecular weight is 287 g/mol. The smallest absolute Gasteiger partial charge is 0.222 e. The summed E-state index contributed by atoms with van der Waals surface area (Å²) in [4.78, 5) is 15.4. The van der Waals surface area contributed by atoms with Crippen LogP contribution in [0, 0.1) is 20.8 Å². The monoisotopic (exact) mass is 287 g/mol. The quantitative estimate of drug-likeness (QED) is 0.868. The Morgan fingerprint density at radius 2 is 2.00 bits per heavy atom. The van der Waals surface area contributed by atoms with Crippen molar-refractivity contribution in [1.29, 1.82) is 0 Å². The van der Waals surface area contributed by atoms with E-state index in [2.05, 4.69) is 30.0 Å². The lowest BCUT2D eigenvalue weighted by Crippen LogP contribution is -2.36. The molecule has 0 aliphatic carbocycles. The van der Waals surface area contributed by atoms with Gasteiger partial charge in [0.1, 0.15) is 11.6 Å². The van der Waals surface area contributed by atoms with Gasteiger partial charge < -0.3 is 10.6 Å². The molecule has 1 fully saturated rings. The van der Waals surface area contributed by atoms with Gasteiger partial charge in [-0.1, -0.05) is 0 Å². The molecule has 112 valence electrons. The Bertz CT molecular complexity index is 649. The van der Waals surface area contributed by atoms with Gasteiger partial charge in [0.25, 0.3) is 0 Å². The van der Waals surface area contributed by atoms with Gasteiger partial charge in [-0.2, -0.15) is 10.1 Å². The Hall–Kier alpha value is -2.18. The van der Waals surface area contributed by atoms with Crippen molar-refractivity contribution in [3.8, 4) is 0 Å². The van der Waals surface area contributed by atoms with Crippen LogP contribution in [0.15, 0.2) is 0 Å². The van der Waals surface area contributed by atoms with E-state index in [1.54, 1.807) is 0 Å². The summed E-state index contributed by atoms with van der Waals surface area (Å²) in [5, 5.41) is 7.23. The van der Waals surface area contributed by atoms with Crippen LogP contribution in [0.4, 0.5) is 11.8 Å². The zero-order valence-electron chi connectivity index (χ0n) is 12.7. The number of nitrogens with two attached hydrogens (primary N) is 1. The molecule has 3 N–H and O–H groups in total. The first kappa shape index (κ1) is 13.8. The molecule has 3 rings (SSSR count). The van der Waals surface area contributed by atoms with Crippen LogP contribution in [-0.2, 0) is 0 Å². The van der Waals surface area contributed by atoms with Crippen LogP contribution in [0.1, 0.15) is 41.7 Å². The molecule has 1 saturated heterocycles. The van der Waals surface area contributed by atoms with Gasteiger partial charge in [-0.15, -0.1) is 0 Å². The van der Waals surface area contributed by atoms with E-state index in [0.717, 1.165) is 54.7 Å². The van der Waals surface area contributed by atoms with E-state index >= 15 is 0 Å². The zero-order valence-corrected chi connectivity index (χ0v) is 12.7. The highest BCUT2D eigenvalue weighted by Gasteiger charge is 2.26. The summed E-state index contributed by atoms with van der Waals surface area (Å²) in [5.41, 5.74) is 7.84. The van der Waals surface area contributed by atoms with Crippen LogP contribution in [0.25, 0.3) is 0 Å². The van der Waals surface area contributed by atoms with Gasteiger partial charge in [0.05, 0.1) is 0 Å². The third kappa shape index (κ3) is 2.68. The maximum absolute atomic E-state index is 5.81. The minimum atomic E-state index is 0.333. The largest absolute Gasteiger partial charge is 0.368 e. The van der Waals surface area contributed by atoms with Gasteiger partial charge in [-0.3, -0.25) is 5.10 Å². The topological polar surface area (TPSA) is 96.6 Å². The number of aromatic nitrogens is 5. The molecule has 0 spiro atoms. The SMILES string of the molecule is Cc1nc(C2CCCN(c3nc(N)nc(C)c3C)C2)n[nH]1. The number of anilines is 2. The molecule has 0 saturated carbocycles. The van der Waals surface area contributed by atoms with Crippen LogP contribution >= 0.6 is 0 Å². The fourth-order valence-electron chi connectivity index (χ4n) is 2.87. The van der Waals surface area contributed by atoms with Gasteiger partial charge in [-0.25, -0.2) is 9.97 Å². The predicted octanol–water partition coefficient (Wildman–Crippen LogP) is 1.49. The maximum atomic E-state index is 5.81. The van der Waals surface area contributed by atoms with Crippen molar-refractivity contribution < 1.29 is 0 Å². The Morgan fingerprint density at radius 1 is 1.19 bits per heavy atom.